The first-order chi connectivity index (χ1) is 18.0. The van der Waals surface area contributed by atoms with Gasteiger partial charge in [0, 0.05) is 31.7 Å². The second kappa shape index (κ2) is 11.1. The minimum Gasteiger partial charge on any atom is -0.494 e. The minimum absolute atomic E-state index is 0.232. The van der Waals surface area contributed by atoms with Gasteiger partial charge in [-0.15, -0.1) is 0 Å². The molecular weight excluding hydrogens is 472 g/mol. The number of morpholine rings is 1. The first kappa shape index (κ1) is 24.9. The molecule has 37 heavy (non-hydrogen) atoms. The van der Waals surface area contributed by atoms with Crippen LogP contribution in [0.3, 0.4) is 0 Å². The second-order valence-corrected chi connectivity index (χ2v) is 9.01. The van der Waals surface area contributed by atoms with E-state index in [1.54, 1.807) is 4.57 Å². The van der Waals surface area contributed by atoms with E-state index in [0.717, 1.165) is 55.4 Å². The van der Waals surface area contributed by atoms with Gasteiger partial charge in [0.1, 0.15) is 17.0 Å². The second-order valence-electron chi connectivity index (χ2n) is 9.01. The van der Waals surface area contributed by atoms with E-state index in [9.17, 15) is 4.79 Å². The molecule has 0 unspecified atom stereocenters. The van der Waals surface area contributed by atoms with Crippen LogP contribution in [0.5, 0.6) is 5.75 Å². The lowest BCUT2D eigenvalue weighted by Crippen LogP contribution is -2.39. The van der Waals surface area contributed by atoms with Gasteiger partial charge in [-0.25, -0.2) is 9.97 Å². The summed E-state index contributed by atoms with van der Waals surface area (Å²) in [4.78, 5) is 25.6. The predicted molar refractivity (Wildman–Crippen MR) is 141 cm³/mol. The van der Waals surface area contributed by atoms with Crippen LogP contribution < -0.4 is 15.6 Å². The molecule has 4 aromatic rings. The molecule has 4 heterocycles. The van der Waals surface area contributed by atoms with Crippen molar-refractivity contribution in [1.82, 2.24) is 24.6 Å². The maximum Gasteiger partial charge on any atom is 0.295 e. The number of nitrogens with one attached hydrogen (secondary N) is 1. The Morgan fingerprint density at radius 1 is 1.08 bits per heavy atom. The van der Waals surface area contributed by atoms with Crippen molar-refractivity contribution >= 4 is 17.0 Å². The van der Waals surface area contributed by atoms with Gasteiger partial charge in [-0.1, -0.05) is 23.4 Å². The summed E-state index contributed by atoms with van der Waals surface area (Å²) in [5.41, 5.74) is 4.03. The van der Waals surface area contributed by atoms with Crippen LogP contribution in [0.2, 0.25) is 0 Å². The largest absolute Gasteiger partial charge is 0.494 e. The summed E-state index contributed by atoms with van der Waals surface area (Å²) in [6.45, 7) is 11.2. The highest BCUT2D eigenvalue weighted by atomic mass is 16.5. The molecule has 1 N–H and O–H groups in total. The molecule has 1 aliphatic heterocycles. The number of fused-ring (bicyclic) bond motifs is 1. The minimum atomic E-state index is -0.232. The standard InChI is InChI=1S/C27H32N6O4/c1-4-36-23-8-6-5-7-20(23)17-33-26-22(10-9-21(30-26)24-18(2)31-37-19(24)3)29-25(27(33)34)28-11-12-32-13-15-35-16-14-32/h5-10H,4,11-17H2,1-3H3,(H,28,29). The summed E-state index contributed by atoms with van der Waals surface area (Å²) >= 11 is 0. The van der Waals surface area contributed by atoms with E-state index < -0.39 is 0 Å². The van der Waals surface area contributed by atoms with Gasteiger partial charge in [-0.05, 0) is 39.0 Å². The third-order valence-electron chi connectivity index (χ3n) is 6.50. The van der Waals surface area contributed by atoms with Crippen molar-refractivity contribution in [3.8, 4) is 17.0 Å². The molecule has 10 heteroatoms. The first-order valence-corrected chi connectivity index (χ1v) is 12.6. The molecule has 1 fully saturated rings. The number of anilines is 1. The Hall–Kier alpha value is -3.76. The molecule has 3 aromatic heterocycles. The molecule has 1 aromatic carbocycles. The van der Waals surface area contributed by atoms with Gasteiger partial charge in [0.15, 0.2) is 11.5 Å². The van der Waals surface area contributed by atoms with E-state index in [4.69, 9.17) is 19.0 Å². The molecule has 0 aliphatic carbocycles. The number of benzene rings is 1. The highest BCUT2D eigenvalue weighted by Crippen LogP contribution is 2.27. The molecule has 10 nitrogen and oxygen atoms in total. The first-order valence-electron chi connectivity index (χ1n) is 12.6. The summed E-state index contributed by atoms with van der Waals surface area (Å²) < 4.78 is 18.3. The van der Waals surface area contributed by atoms with Crippen LogP contribution in [0.15, 0.2) is 45.7 Å². The van der Waals surface area contributed by atoms with Crippen LogP contribution in [0, 0.1) is 13.8 Å². The third kappa shape index (κ3) is 5.35. The fourth-order valence-corrected chi connectivity index (χ4v) is 4.63. The van der Waals surface area contributed by atoms with Gasteiger partial charge >= 0.3 is 0 Å². The van der Waals surface area contributed by atoms with Gasteiger partial charge in [0.25, 0.3) is 5.56 Å². The van der Waals surface area contributed by atoms with Gasteiger partial charge in [0.2, 0.25) is 0 Å². The van der Waals surface area contributed by atoms with E-state index in [0.29, 0.717) is 48.1 Å². The Labute approximate surface area is 215 Å². The Morgan fingerprint density at radius 2 is 1.89 bits per heavy atom. The van der Waals surface area contributed by atoms with Gasteiger partial charge < -0.3 is 19.3 Å². The monoisotopic (exact) mass is 504 g/mol. The molecule has 1 aliphatic rings. The molecule has 5 rings (SSSR count). The molecule has 0 bridgehead atoms. The number of aromatic nitrogens is 4. The van der Waals surface area contributed by atoms with Crippen LogP contribution in [0.4, 0.5) is 5.82 Å². The average molecular weight is 505 g/mol. The third-order valence-corrected chi connectivity index (χ3v) is 6.50. The van der Waals surface area contributed by atoms with E-state index in [-0.39, 0.29) is 5.56 Å². The Kier molecular flexibility index (Phi) is 7.47. The number of ether oxygens (including phenoxy) is 2. The molecule has 0 saturated carbocycles. The van der Waals surface area contributed by atoms with E-state index in [1.165, 1.54) is 0 Å². The summed E-state index contributed by atoms with van der Waals surface area (Å²) in [6.07, 6.45) is 0. The Bertz CT molecular complexity index is 1420. The molecular formula is C27H32N6O4. The molecule has 0 atom stereocenters. The number of para-hydroxylation sites is 1. The fraction of sp³-hybridized carbons (Fsp3) is 0.407. The van der Waals surface area contributed by atoms with Crippen LogP contribution in [-0.4, -0.2) is 70.6 Å². The smallest absolute Gasteiger partial charge is 0.295 e. The average Bonchev–Trinajstić information content (AvgIpc) is 3.25. The lowest BCUT2D eigenvalue weighted by atomic mass is 10.1. The van der Waals surface area contributed by atoms with Crippen molar-refractivity contribution in [3.05, 3.63) is 63.8 Å². The molecule has 0 amide bonds. The number of rotatable bonds is 9. The molecule has 0 spiro atoms. The topological polar surface area (TPSA) is 108 Å². The zero-order valence-electron chi connectivity index (χ0n) is 21.5. The predicted octanol–water partition coefficient (Wildman–Crippen LogP) is 3.25. The van der Waals surface area contributed by atoms with Crippen molar-refractivity contribution in [3.63, 3.8) is 0 Å². The molecule has 0 radical (unpaired) electrons. The maximum absolute atomic E-state index is 13.8. The van der Waals surface area contributed by atoms with Crippen molar-refractivity contribution in [2.24, 2.45) is 0 Å². The van der Waals surface area contributed by atoms with Crippen LogP contribution in [0.1, 0.15) is 23.9 Å². The summed E-state index contributed by atoms with van der Waals surface area (Å²) in [7, 11) is 0. The van der Waals surface area contributed by atoms with Gasteiger partial charge in [-0.3, -0.25) is 14.3 Å². The SMILES string of the molecule is CCOc1ccccc1Cn1c(=O)c(NCCN2CCOCC2)nc2ccc(-c3c(C)noc3C)nc21. The van der Waals surface area contributed by atoms with Gasteiger partial charge in [0.05, 0.1) is 43.3 Å². The van der Waals surface area contributed by atoms with E-state index >= 15 is 0 Å². The lowest BCUT2D eigenvalue weighted by molar-refractivity contribution is 0.0398. The van der Waals surface area contributed by atoms with E-state index in [2.05, 4.69) is 20.4 Å². The summed E-state index contributed by atoms with van der Waals surface area (Å²) in [5, 5.41) is 7.33. The number of nitrogens with zero attached hydrogens (tertiary/aromatic N) is 5. The number of aryl methyl sites for hydroxylation is 2. The van der Waals surface area contributed by atoms with Crippen molar-refractivity contribution in [1.29, 1.82) is 0 Å². The Balaban J connectivity index is 1.55. The van der Waals surface area contributed by atoms with Crippen LogP contribution >= 0.6 is 0 Å². The van der Waals surface area contributed by atoms with Gasteiger partial charge in [-0.2, -0.15) is 0 Å². The highest BCUT2D eigenvalue weighted by molar-refractivity contribution is 5.77. The quantitative estimate of drug-likeness (QED) is 0.367. The highest BCUT2D eigenvalue weighted by Gasteiger charge is 2.19. The normalized spacial score (nSPS) is 14.2. The summed E-state index contributed by atoms with van der Waals surface area (Å²) in [6, 6.07) is 11.5. The zero-order valence-corrected chi connectivity index (χ0v) is 21.5. The number of hydrogen-bond acceptors (Lipinski definition) is 9. The molecule has 194 valence electrons. The summed E-state index contributed by atoms with van der Waals surface area (Å²) in [5.74, 6) is 1.72. The maximum atomic E-state index is 13.8. The zero-order chi connectivity index (χ0) is 25.8. The molecule has 1 saturated heterocycles. The number of hydrogen-bond donors (Lipinski definition) is 1. The van der Waals surface area contributed by atoms with Crippen molar-refractivity contribution in [2.45, 2.75) is 27.3 Å². The van der Waals surface area contributed by atoms with E-state index in [1.807, 2.05) is 57.2 Å². The van der Waals surface area contributed by atoms with Crippen LogP contribution in [-0.2, 0) is 11.3 Å². The van der Waals surface area contributed by atoms with Crippen molar-refractivity contribution < 1.29 is 14.0 Å². The van der Waals surface area contributed by atoms with Crippen molar-refractivity contribution in [2.75, 3.05) is 51.3 Å². The number of pyridine rings is 1. The lowest BCUT2D eigenvalue weighted by Gasteiger charge is -2.26. The van der Waals surface area contributed by atoms with Crippen LogP contribution in [0.25, 0.3) is 22.4 Å². The fourth-order valence-electron chi connectivity index (χ4n) is 4.63. The Morgan fingerprint density at radius 3 is 2.65 bits per heavy atom.